The standard InChI is InChI=1S/C15H18N4O4/c1-22-8-7-19-13-11(3-2-4-16-13)17-12(15(19)21)14(20)18-5-9-23-10-6-18/h2-4H,5-10H2,1H3. The minimum absolute atomic E-state index is 0.0801. The molecule has 8 heteroatoms. The molecule has 2 aromatic heterocycles. The van der Waals surface area contributed by atoms with Gasteiger partial charge in [-0.15, -0.1) is 0 Å². The van der Waals surface area contributed by atoms with E-state index in [1.165, 1.54) is 4.57 Å². The largest absolute Gasteiger partial charge is 0.383 e. The maximum absolute atomic E-state index is 12.7. The van der Waals surface area contributed by atoms with Crippen LogP contribution in [-0.2, 0) is 16.0 Å². The lowest BCUT2D eigenvalue weighted by Gasteiger charge is -2.26. The Morgan fingerprint density at radius 1 is 1.39 bits per heavy atom. The fourth-order valence-corrected chi connectivity index (χ4v) is 2.52. The van der Waals surface area contributed by atoms with Gasteiger partial charge in [0.1, 0.15) is 5.52 Å². The molecule has 1 aliphatic heterocycles. The Hall–Kier alpha value is -2.32. The molecule has 0 aromatic carbocycles. The molecule has 8 nitrogen and oxygen atoms in total. The Morgan fingerprint density at radius 3 is 2.91 bits per heavy atom. The van der Waals surface area contributed by atoms with Crippen LogP contribution in [0.25, 0.3) is 11.2 Å². The molecule has 0 bridgehead atoms. The molecule has 1 amide bonds. The van der Waals surface area contributed by atoms with E-state index < -0.39 is 5.56 Å². The van der Waals surface area contributed by atoms with E-state index in [1.807, 2.05) is 0 Å². The molecule has 0 aliphatic carbocycles. The van der Waals surface area contributed by atoms with Crippen LogP contribution in [0.1, 0.15) is 10.5 Å². The van der Waals surface area contributed by atoms with Crippen molar-refractivity contribution in [2.24, 2.45) is 0 Å². The van der Waals surface area contributed by atoms with Crippen LogP contribution in [0.2, 0.25) is 0 Å². The van der Waals surface area contributed by atoms with Crippen molar-refractivity contribution >= 4 is 17.1 Å². The molecule has 0 N–H and O–H groups in total. The van der Waals surface area contributed by atoms with Gasteiger partial charge in [-0.05, 0) is 12.1 Å². The predicted molar refractivity (Wildman–Crippen MR) is 82.4 cm³/mol. The van der Waals surface area contributed by atoms with Crippen LogP contribution >= 0.6 is 0 Å². The van der Waals surface area contributed by atoms with Crippen molar-refractivity contribution in [1.29, 1.82) is 0 Å². The number of hydrogen-bond donors (Lipinski definition) is 0. The minimum atomic E-state index is -0.440. The zero-order valence-corrected chi connectivity index (χ0v) is 12.9. The van der Waals surface area contributed by atoms with Crippen molar-refractivity contribution in [2.75, 3.05) is 40.0 Å². The van der Waals surface area contributed by atoms with Crippen LogP contribution < -0.4 is 5.56 Å². The molecule has 122 valence electrons. The average molecular weight is 318 g/mol. The third-order valence-corrected chi connectivity index (χ3v) is 3.72. The summed E-state index contributed by atoms with van der Waals surface area (Å²) in [6, 6.07) is 3.46. The van der Waals surface area contributed by atoms with Gasteiger partial charge in [-0.2, -0.15) is 0 Å². The van der Waals surface area contributed by atoms with Gasteiger partial charge >= 0.3 is 0 Å². The molecule has 3 heterocycles. The number of carbonyl (C=O) groups is 1. The monoisotopic (exact) mass is 318 g/mol. The maximum Gasteiger partial charge on any atom is 0.283 e. The topological polar surface area (TPSA) is 86.5 Å². The molecular weight excluding hydrogens is 300 g/mol. The normalized spacial score (nSPS) is 15.1. The number of amides is 1. The van der Waals surface area contributed by atoms with Crippen LogP contribution in [-0.4, -0.2) is 65.4 Å². The molecule has 1 saturated heterocycles. The Morgan fingerprint density at radius 2 is 2.17 bits per heavy atom. The fourth-order valence-electron chi connectivity index (χ4n) is 2.52. The molecule has 3 rings (SSSR count). The molecule has 2 aromatic rings. The second kappa shape index (κ2) is 6.84. The van der Waals surface area contributed by atoms with Crippen molar-refractivity contribution in [1.82, 2.24) is 19.4 Å². The van der Waals surface area contributed by atoms with Crippen molar-refractivity contribution in [2.45, 2.75) is 6.54 Å². The molecule has 0 spiro atoms. The van der Waals surface area contributed by atoms with E-state index in [0.29, 0.717) is 50.6 Å². The summed E-state index contributed by atoms with van der Waals surface area (Å²) in [5.74, 6) is -0.366. The Balaban J connectivity index is 2.07. The summed E-state index contributed by atoms with van der Waals surface area (Å²) in [5.41, 5.74) is 0.445. The van der Waals surface area contributed by atoms with E-state index in [1.54, 1.807) is 30.3 Å². The lowest BCUT2D eigenvalue weighted by molar-refractivity contribution is 0.0297. The van der Waals surface area contributed by atoms with Crippen molar-refractivity contribution in [3.63, 3.8) is 0 Å². The second-order valence-corrected chi connectivity index (χ2v) is 5.16. The number of aromatic nitrogens is 3. The quantitative estimate of drug-likeness (QED) is 0.783. The summed E-state index contributed by atoms with van der Waals surface area (Å²) >= 11 is 0. The van der Waals surface area contributed by atoms with Gasteiger partial charge in [-0.25, -0.2) is 9.97 Å². The number of morpholine rings is 1. The van der Waals surface area contributed by atoms with Gasteiger partial charge in [0.15, 0.2) is 11.3 Å². The minimum Gasteiger partial charge on any atom is -0.383 e. The number of ether oxygens (including phenoxy) is 2. The first-order valence-corrected chi connectivity index (χ1v) is 7.44. The number of methoxy groups -OCH3 is 1. The van der Waals surface area contributed by atoms with E-state index in [4.69, 9.17) is 9.47 Å². The molecule has 0 radical (unpaired) electrons. The highest BCUT2D eigenvalue weighted by Gasteiger charge is 2.24. The molecule has 1 aliphatic rings. The van der Waals surface area contributed by atoms with Gasteiger partial charge in [0, 0.05) is 26.4 Å². The van der Waals surface area contributed by atoms with Crippen LogP contribution in [0.4, 0.5) is 0 Å². The summed E-state index contributed by atoms with van der Waals surface area (Å²) in [6.07, 6.45) is 1.59. The van der Waals surface area contributed by atoms with E-state index in [2.05, 4.69) is 9.97 Å². The fraction of sp³-hybridized carbons (Fsp3) is 0.467. The van der Waals surface area contributed by atoms with Gasteiger partial charge in [0.25, 0.3) is 11.5 Å². The first-order chi connectivity index (χ1) is 11.2. The van der Waals surface area contributed by atoms with E-state index in [-0.39, 0.29) is 11.6 Å². The zero-order valence-electron chi connectivity index (χ0n) is 12.9. The summed E-state index contributed by atoms with van der Waals surface area (Å²) in [6.45, 7) is 2.53. The van der Waals surface area contributed by atoms with Crippen LogP contribution in [0.5, 0.6) is 0 Å². The third kappa shape index (κ3) is 3.08. The maximum atomic E-state index is 12.7. The van der Waals surface area contributed by atoms with Crippen molar-refractivity contribution < 1.29 is 14.3 Å². The Bertz CT molecular complexity index is 768. The van der Waals surface area contributed by atoms with Gasteiger partial charge < -0.3 is 14.4 Å². The zero-order chi connectivity index (χ0) is 16.2. The number of carbonyl (C=O) groups excluding carboxylic acids is 1. The van der Waals surface area contributed by atoms with E-state index in [0.717, 1.165) is 0 Å². The highest BCUT2D eigenvalue weighted by Crippen LogP contribution is 2.09. The van der Waals surface area contributed by atoms with Gasteiger partial charge in [-0.3, -0.25) is 14.2 Å². The average Bonchev–Trinajstić information content (AvgIpc) is 2.61. The van der Waals surface area contributed by atoms with Crippen LogP contribution in [0.15, 0.2) is 23.1 Å². The van der Waals surface area contributed by atoms with Crippen LogP contribution in [0, 0.1) is 0 Å². The van der Waals surface area contributed by atoms with Gasteiger partial charge in [-0.1, -0.05) is 0 Å². The number of nitrogens with zero attached hydrogens (tertiary/aromatic N) is 4. The van der Waals surface area contributed by atoms with Crippen molar-refractivity contribution in [3.05, 3.63) is 34.4 Å². The smallest absolute Gasteiger partial charge is 0.283 e. The second-order valence-electron chi connectivity index (χ2n) is 5.16. The van der Waals surface area contributed by atoms with Crippen molar-refractivity contribution in [3.8, 4) is 0 Å². The highest BCUT2D eigenvalue weighted by molar-refractivity contribution is 5.93. The molecule has 0 unspecified atom stereocenters. The van der Waals surface area contributed by atoms with Gasteiger partial charge in [0.05, 0.1) is 26.4 Å². The SMILES string of the molecule is COCCn1c(=O)c(C(=O)N2CCOCC2)nc2cccnc21. The number of rotatable bonds is 4. The Labute approximate surface area is 132 Å². The van der Waals surface area contributed by atoms with Gasteiger partial charge in [0.2, 0.25) is 0 Å². The number of pyridine rings is 1. The van der Waals surface area contributed by atoms with Crippen LogP contribution in [0.3, 0.4) is 0 Å². The first-order valence-electron chi connectivity index (χ1n) is 7.44. The highest BCUT2D eigenvalue weighted by atomic mass is 16.5. The molecule has 0 saturated carbocycles. The molecular formula is C15H18N4O4. The van der Waals surface area contributed by atoms with E-state index in [9.17, 15) is 9.59 Å². The summed E-state index contributed by atoms with van der Waals surface area (Å²) in [5, 5.41) is 0. The lowest BCUT2D eigenvalue weighted by atomic mass is 10.3. The first kappa shape index (κ1) is 15.6. The lowest BCUT2D eigenvalue weighted by Crippen LogP contribution is -2.44. The summed E-state index contributed by atoms with van der Waals surface area (Å²) in [7, 11) is 1.56. The number of hydrogen-bond acceptors (Lipinski definition) is 6. The predicted octanol–water partition coefficient (Wildman–Crippen LogP) is -0.0897. The Kier molecular flexibility index (Phi) is 4.63. The summed E-state index contributed by atoms with van der Waals surface area (Å²) < 4.78 is 11.7. The third-order valence-electron chi connectivity index (χ3n) is 3.72. The van der Waals surface area contributed by atoms with E-state index >= 15 is 0 Å². The number of fused-ring (bicyclic) bond motifs is 1. The summed E-state index contributed by atoms with van der Waals surface area (Å²) in [4.78, 5) is 35.4. The molecule has 23 heavy (non-hydrogen) atoms. The molecule has 1 fully saturated rings. The molecule has 0 atom stereocenters.